The monoisotopic (exact) mass is 614 g/mol. The summed E-state index contributed by atoms with van der Waals surface area (Å²) in [4.78, 5) is 37.9. The van der Waals surface area contributed by atoms with Crippen LogP contribution in [0.25, 0.3) is 16.7 Å². The molecule has 208 valence electrons. The van der Waals surface area contributed by atoms with E-state index in [1.54, 1.807) is 19.3 Å². The molecule has 0 saturated carbocycles. The first-order valence-electron chi connectivity index (χ1n) is 12.5. The van der Waals surface area contributed by atoms with Crippen LogP contribution < -0.4 is 10.9 Å². The van der Waals surface area contributed by atoms with E-state index in [1.807, 2.05) is 36.7 Å². The van der Waals surface area contributed by atoms with Gasteiger partial charge in [0.15, 0.2) is 0 Å². The van der Waals surface area contributed by atoms with Crippen molar-refractivity contribution in [1.29, 1.82) is 0 Å². The smallest absolute Gasteiger partial charge is 0.349 e. The summed E-state index contributed by atoms with van der Waals surface area (Å²) in [5.74, 6) is -0.312. The van der Waals surface area contributed by atoms with Crippen LogP contribution in [-0.4, -0.2) is 42.0 Å². The third kappa shape index (κ3) is 4.91. The highest BCUT2D eigenvalue weighted by molar-refractivity contribution is 9.10. The molecule has 0 aliphatic carbocycles. The number of anilines is 1. The molecule has 0 unspecified atom stereocenters. The number of aromatic nitrogens is 4. The fraction of sp³-hybridized carbons (Fsp3) is 0.286. The van der Waals surface area contributed by atoms with Crippen LogP contribution in [0, 0.1) is 0 Å². The van der Waals surface area contributed by atoms with E-state index in [0.29, 0.717) is 22.5 Å². The second kappa shape index (κ2) is 10.2. The van der Waals surface area contributed by atoms with Gasteiger partial charge in [-0.2, -0.15) is 13.2 Å². The zero-order valence-electron chi connectivity index (χ0n) is 22.0. The van der Waals surface area contributed by atoms with E-state index in [9.17, 15) is 22.8 Å². The van der Waals surface area contributed by atoms with Gasteiger partial charge in [-0.3, -0.25) is 9.59 Å². The second-order valence-corrected chi connectivity index (χ2v) is 10.7. The van der Waals surface area contributed by atoms with Gasteiger partial charge in [0.1, 0.15) is 0 Å². The van der Waals surface area contributed by atoms with Gasteiger partial charge in [-0.15, -0.1) is 6.58 Å². The SMILES string of the molecule is C=C[C@H](C)Nc1nc2c(c(=O)n1-c1ccc3c(c1)ncn3C)C[C@@H](C)N(C(=O)c1ccc(Br)c(C(F)(F)F)c1)C2. The first-order valence-corrected chi connectivity index (χ1v) is 13.3. The Balaban J connectivity index is 1.58. The molecule has 0 saturated heterocycles. The van der Waals surface area contributed by atoms with Crippen molar-refractivity contribution in [2.45, 2.75) is 45.1 Å². The van der Waals surface area contributed by atoms with Crippen molar-refractivity contribution in [3.05, 3.63) is 92.6 Å². The fourth-order valence-corrected chi connectivity index (χ4v) is 5.31. The van der Waals surface area contributed by atoms with Crippen molar-refractivity contribution in [2.24, 2.45) is 7.05 Å². The topological polar surface area (TPSA) is 85.1 Å². The van der Waals surface area contributed by atoms with Crippen LogP contribution in [0.2, 0.25) is 0 Å². The number of halogens is 4. The normalized spacial score (nSPS) is 16.1. The predicted molar refractivity (Wildman–Crippen MR) is 150 cm³/mol. The Labute approximate surface area is 236 Å². The number of amides is 1. The second-order valence-electron chi connectivity index (χ2n) is 9.88. The zero-order valence-corrected chi connectivity index (χ0v) is 23.5. The average Bonchev–Trinajstić information content (AvgIpc) is 3.28. The molecular formula is C28H26BrF3N6O2. The Morgan fingerprint density at radius 2 is 2.00 bits per heavy atom. The molecule has 1 aliphatic heterocycles. The van der Waals surface area contributed by atoms with E-state index in [2.05, 4.69) is 32.8 Å². The molecule has 4 aromatic rings. The molecule has 0 bridgehead atoms. The number of rotatable bonds is 5. The van der Waals surface area contributed by atoms with Gasteiger partial charge >= 0.3 is 6.18 Å². The highest BCUT2D eigenvalue weighted by Crippen LogP contribution is 2.36. The molecule has 0 fully saturated rings. The van der Waals surface area contributed by atoms with Gasteiger partial charge in [0.2, 0.25) is 5.95 Å². The summed E-state index contributed by atoms with van der Waals surface area (Å²) >= 11 is 2.92. The fourth-order valence-electron chi connectivity index (χ4n) is 4.83. The van der Waals surface area contributed by atoms with Crippen LogP contribution in [0.5, 0.6) is 0 Å². The third-order valence-corrected chi connectivity index (χ3v) is 7.76. The number of imidazole rings is 1. The summed E-state index contributed by atoms with van der Waals surface area (Å²) in [5, 5.41) is 3.19. The van der Waals surface area contributed by atoms with Crippen molar-refractivity contribution < 1.29 is 18.0 Å². The maximum Gasteiger partial charge on any atom is 0.417 e. The Bertz CT molecular complexity index is 1710. The van der Waals surface area contributed by atoms with Gasteiger partial charge in [0, 0.05) is 34.7 Å². The van der Waals surface area contributed by atoms with Crippen molar-refractivity contribution in [2.75, 3.05) is 5.32 Å². The number of hydrogen-bond donors (Lipinski definition) is 1. The van der Waals surface area contributed by atoms with Crippen LogP contribution >= 0.6 is 15.9 Å². The number of hydrogen-bond acceptors (Lipinski definition) is 5. The molecule has 2 aromatic carbocycles. The summed E-state index contributed by atoms with van der Waals surface area (Å²) in [7, 11) is 1.88. The van der Waals surface area contributed by atoms with E-state index in [0.717, 1.165) is 11.6 Å². The van der Waals surface area contributed by atoms with Crippen molar-refractivity contribution in [3.63, 3.8) is 0 Å². The predicted octanol–water partition coefficient (Wildman–Crippen LogP) is 5.47. The van der Waals surface area contributed by atoms with E-state index >= 15 is 0 Å². The standard InChI is InChI=1S/C28H26BrF3N6O2/c1-5-15(2)34-27-35-23-13-37(25(39)17-6-8-21(29)20(11-17)28(30,31)32)16(3)10-19(23)26(40)38(27)18-7-9-24-22(12-18)33-14-36(24)4/h5-9,11-12,14-16H,1,10,13H2,2-4H3,(H,34,35)/t15-,16+/m0/s1. The van der Waals surface area contributed by atoms with Crippen molar-refractivity contribution in [1.82, 2.24) is 24.0 Å². The summed E-state index contributed by atoms with van der Waals surface area (Å²) in [6.07, 6.45) is -1.07. The summed E-state index contributed by atoms with van der Waals surface area (Å²) in [6, 6.07) is 8.21. The quantitative estimate of drug-likeness (QED) is 0.301. The number of aryl methyl sites for hydroxylation is 1. The molecule has 40 heavy (non-hydrogen) atoms. The van der Waals surface area contributed by atoms with Crippen LogP contribution in [0.3, 0.4) is 0 Å². The Kier molecular flexibility index (Phi) is 7.07. The summed E-state index contributed by atoms with van der Waals surface area (Å²) in [6.45, 7) is 7.39. The van der Waals surface area contributed by atoms with E-state index < -0.39 is 23.7 Å². The molecule has 1 N–H and O–H groups in total. The molecule has 8 nitrogen and oxygen atoms in total. The zero-order chi connectivity index (χ0) is 28.9. The van der Waals surface area contributed by atoms with Crippen LogP contribution in [0.15, 0.2) is 64.6 Å². The maximum atomic E-state index is 13.9. The van der Waals surface area contributed by atoms with Gasteiger partial charge in [0.05, 0.1) is 40.9 Å². The minimum atomic E-state index is -4.62. The lowest BCUT2D eigenvalue weighted by Crippen LogP contribution is -2.46. The highest BCUT2D eigenvalue weighted by Gasteiger charge is 2.36. The lowest BCUT2D eigenvalue weighted by Gasteiger charge is -2.35. The molecule has 2 atom stereocenters. The molecular weight excluding hydrogens is 589 g/mol. The first-order chi connectivity index (χ1) is 18.9. The van der Waals surface area contributed by atoms with Crippen molar-refractivity contribution >= 4 is 38.8 Å². The lowest BCUT2D eigenvalue weighted by molar-refractivity contribution is -0.138. The Morgan fingerprint density at radius 3 is 2.70 bits per heavy atom. The van der Waals surface area contributed by atoms with Crippen LogP contribution in [-0.2, 0) is 26.2 Å². The lowest BCUT2D eigenvalue weighted by atomic mass is 9.98. The van der Waals surface area contributed by atoms with Gasteiger partial charge in [-0.25, -0.2) is 14.5 Å². The summed E-state index contributed by atoms with van der Waals surface area (Å²) in [5.41, 5.74) is 1.71. The van der Waals surface area contributed by atoms with Gasteiger partial charge in [-0.1, -0.05) is 22.0 Å². The van der Waals surface area contributed by atoms with E-state index in [4.69, 9.17) is 4.98 Å². The average molecular weight is 615 g/mol. The van der Waals surface area contributed by atoms with E-state index in [-0.39, 0.29) is 40.6 Å². The van der Waals surface area contributed by atoms with Gasteiger partial charge < -0.3 is 14.8 Å². The molecule has 1 aliphatic rings. The number of carbonyl (C=O) groups is 1. The minimum Gasteiger partial charge on any atom is -0.349 e. The van der Waals surface area contributed by atoms with Crippen LogP contribution in [0.1, 0.15) is 41.0 Å². The molecule has 2 aromatic heterocycles. The molecule has 0 spiro atoms. The number of benzene rings is 2. The first kappa shape index (κ1) is 27.6. The van der Waals surface area contributed by atoms with Crippen LogP contribution in [0.4, 0.5) is 19.1 Å². The largest absolute Gasteiger partial charge is 0.417 e. The van der Waals surface area contributed by atoms with E-state index in [1.165, 1.54) is 21.6 Å². The molecule has 0 radical (unpaired) electrons. The number of nitrogens with one attached hydrogen (secondary N) is 1. The molecule has 1 amide bonds. The highest BCUT2D eigenvalue weighted by atomic mass is 79.9. The van der Waals surface area contributed by atoms with Gasteiger partial charge in [-0.05, 0) is 56.7 Å². The molecule has 3 heterocycles. The Morgan fingerprint density at radius 1 is 1.25 bits per heavy atom. The Hall–Kier alpha value is -3.93. The number of nitrogens with zero attached hydrogens (tertiary/aromatic N) is 5. The number of fused-ring (bicyclic) bond motifs is 2. The number of carbonyl (C=O) groups excluding carboxylic acids is 1. The third-order valence-electron chi connectivity index (χ3n) is 7.07. The van der Waals surface area contributed by atoms with Gasteiger partial charge in [0.25, 0.3) is 11.5 Å². The minimum absolute atomic E-state index is 0.0285. The molecule has 12 heteroatoms. The summed E-state index contributed by atoms with van der Waals surface area (Å²) < 4.78 is 43.6. The number of alkyl halides is 3. The van der Waals surface area contributed by atoms with Crippen molar-refractivity contribution in [3.8, 4) is 5.69 Å². The maximum absolute atomic E-state index is 13.9. The molecule has 5 rings (SSSR count).